The minimum atomic E-state index is -0.479. The van der Waals surface area contributed by atoms with Crippen LogP contribution in [0.5, 0.6) is 0 Å². The fraction of sp³-hybridized carbons (Fsp3) is 0.211. The number of fused-ring (bicyclic) bond motifs is 1. The van der Waals surface area contributed by atoms with Crippen LogP contribution in [0.4, 0.5) is 0 Å². The van der Waals surface area contributed by atoms with Crippen LogP contribution in [0.1, 0.15) is 25.3 Å². The molecule has 1 aliphatic rings. The summed E-state index contributed by atoms with van der Waals surface area (Å²) < 4.78 is 4.92. The van der Waals surface area contributed by atoms with Gasteiger partial charge >= 0.3 is 0 Å². The van der Waals surface area contributed by atoms with Crippen molar-refractivity contribution >= 4 is 16.6 Å². The smallest absolute Gasteiger partial charge is 0.134 e. The average Bonchev–Trinajstić information content (AvgIpc) is 3.29. The summed E-state index contributed by atoms with van der Waals surface area (Å²) in [6.45, 7) is 3.63. The first-order chi connectivity index (χ1) is 12.6. The van der Waals surface area contributed by atoms with Crippen LogP contribution in [-0.2, 0) is 0 Å². The third-order valence-corrected chi connectivity index (χ3v) is 4.71. The van der Waals surface area contributed by atoms with E-state index < -0.39 is 5.92 Å². The summed E-state index contributed by atoms with van der Waals surface area (Å²) in [5.41, 5.74) is 4.92. The number of nitriles is 2. The van der Waals surface area contributed by atoms with Gasteiger partial charge in [-0.25, -0.2) is 0 Å². The van der Waals surface area contributed by atoms with Crippen molar-refractivity contribution in [3.05, 3.63) is 47.4 Å². The van der Waals surface area contributed by atoms with Gasteiger partial charge in [-0.15, -0.1) is 0 Å². The highest BCUT2D eigenvalue weighted by atomic mass is 16.5. The van der Waals surface area contributed by atoms with E-state index in [0.29, 0.717) is 22.7 Å². The first kappa shape index (κ1) is 15.8. The molecular formula is C19H14N6O. The van der Waals surface area contributed by atoms with Crippen molar-refractivity contribution in [2.24, 2.45) is 10.9 Å². The summed E-state index contributed by atoms with van der Waals surface area (Å²) in [5.74, 6) is -0.833. The lowest BCUT2D eigenvalue weighted by Crippen LogP contribution is -2.24. The number of aromatic amines is 1. The van der Waals surface area contributed by atoms with Gasteiger partial charge in [-0.3, -0.25) is 10.1 Å². The maximum Gasteiger partial charge on any atom is 0.134 e. The molecule has 0 bridgehead atoms. The molecule has 2 atom stereocenters. The molecule has 1 aromatic carbocycles. The predicted octanol–water partition coefficient (Wildman–Crippen LogP) is 3.71. The minimum Gasteiger partial charge on any atom is -0.364 e. The third-order valence-electron chi connectivity index (χ3n) is 4.71. The van der Waals surface area contributed by atoms with Gasteiger partial charge in [-0.2, -0.15) is 15.6 Å². The van der Waals surface area contributed by atoms with E-state index in [2.05, 4.69) is 32.5 Å². The lowest BCUT2D eigenvalue weighted by Gasteiger charge is -2.26. The van der Waals surface area contributed by atoms with Crippen LogP contribution < -0.4 is 0 Å². The fourth-order valence-electron chi connectivity index (χ4n) is 3.46. The van der Waals surface area contributed by atoms with E-state index in [1.807, 2.05) is 25.1 Å². The summed E-state index contributed by atoms with van der Waals surface area (Å²) >= 11 is 0. The van der Waals surface area contributed by atoms with Gasteiger partial charge in [0, 0.05) is 23.1 Å². The Labute approximate surface area is 149 Å². The highest BCUT2D eigenvalue weighted by Crippen LogP contribution is 2.39. The summed E-state index contributed by atoms with van der Waals surface area (Å²) in [4.78, 5) is 4.38. The Balaban J connectivity index is 1.91. The minimum absolute atomic E-state index is 0.355. The first-order valence-corrected chi connectivity index (χ1v) is 8.08. The molecular weight excluding hydrogens is 328 g/mol. The van der Waals surface area contributed by atoms with E-state index in [-0.39, 0.29) is 5.92 Å². The fourth-order valence-corrected chi connectivity index (χ4v) is 3.46. The summed E-state index contributed by atoms with van der Waals surface area (Å²) in [6.07, 6.45) is 1.49. The number of nitrogens with zero attached hydrogens (tertiary/aromatic N) is 5. The molecule has 0 saturated heterocycles. The second-order valence-corrected chi connectivity index (χ2v) is 6.21. The van der Waals surface area contributed by atoms with Gasteiger partial charge in [0.15, 0.2) is 0 Å². The van der Waals surface area contributed by atoms with Crippen molar-refractivity contribution in [1.82, 2.24) is 15.4 Å². The molecule has 7 heteroatoms. The summed E-state index contributed by atoms with van der Waals surface area (Å²) in [7, 11) is 0. The van der Waals surface area contributed by atoms with E-state index >= 15 is 0 Å². The van der Waals surface area contributed by atoms with Crippen molar-refractivity contribution in [3.8, 4) is 23.5 Å². The van der Waals surface area contributed by atoms with Crippen LogP contribution in [0.3, 0.4) is 0 Å². The maximum atomic E-state index is 9.67. The van der Waals surface area contributed by atoms with Gasteiger partial charge in [0.1, 0.15) is 17.7 Å². The SMILES string of the molecule is CC1=NC(C)=C(C#N)C(c2ccc3[nH]nc(-c4ccon4)c3c2)C1C#N. The van der Waals surface area contributed by atoms with Crippen molar-refractivity contribution in [2.45, 2.75) is 19.8 Å². The standard InChI is InChI=1S/C19H14N6O/c1-10-14(8-20)18(15(9-21)11(2)22-10)12-3-4-16-13(7-12)19(24-23-16)17-5-6-26-25-17/h3-7,14,18H,1-2H3,(H,23,24). The molecule has 1 N–H and O–H groups in total. The number of H-pyrrole nitrogens is 1. The molecule has 0 aliphatic carbocycles. The van der Waals surface area contributed by atoms with Gasteiger partial charge < -0.3 is 4.52 Å². The van der Waals surface area contributed by atoms with Crippen LogP contribution in [0.15, 0.2) is 51.3 Å². The van der Waals surface area contributed by atoms with E-state index in [9.17, 15) is 10.5 Å². The Morgan fingerprint density at radius 2 is 2.04 bits per heavy atom. The number of allylic oxidation sites excluding steroid dienone is 2. The van der Waals surface area contributed by atoms with E-state index in [4.69, 9.17) is 4.52 Å². The van der Waals surface area contributed by atoms with Gasteiger partial charge in [0.2, 0.25) is 0 Å². The largest absolute Gasteiger partial charge is 0.364 e. The zero-order chi connectivity index (χ0) is 18.3. The number of aromatic nitrogens is 3. The Kier molecular flexibility index (Phi) is 3.63. The van der Waals surface area contributed by atoms with E-state index in [0.717, 1.165) is 22.2 Å². The predicted molar refractivity (Wildman–Crippen MR) is 94.9 cm³/mol. The lowest BCUT2D eigenvalue weighted by atomic mass is 9.76. The number of benzene rings is 1. The van der Waals surface area contributed by atoms with E-state index in [1.54, 1.807) is 13.0 Å². The van der Waals surface area contributed by atoms with Crippen LogP contribution in [0.2, 0.25) is 0 Å². The molecule has 7 nitrogen and oxygen atoms in total. The summed E-state index contributed by atoms with van der Waals surface area (Å²) in [6, 6.07) is 12.1. The van der Waals surface area contributed by atoms with Gasteiger partial charge in [-0.1, -0.05) is 11.2 Å². The zero-order valence-corrected chi connectivity index (χ0v) is 14.2. The van der Waals surface area contributed by atoms with Crippen molar-refractivity contribution in [3.63, 3.8) is 0 Å². The Morgan fingerprint density at radius 1 is 1.19 bits per heavy atom. The third kappa shape index (κ3) is 2.30. The molecule has 4 rings (SSSR count). The monoisotopic (exact) mass is 342 g/mol. The molecule has 3 aromatic rings. The topological polar surface area (TPSA) is 115 Å². The maximum absolute atomic E-state index is 9.67. The van der Waals surface area contributed by atoms with E-state index in [1.165, 1.54) is 6.26 Å². The van der Waals surface area contributed by atoms with Crippen molar-refractivity contribution in [2.75, 3.05) is 0 Å². The number of nitrogens with one attached hydrogen (secondary N) is 1. The zero-order valence-electron chi connectivity index (χ0n) is 14.2. The molecule has 0 spiro atoms. The lowest BCUT2D eigenvalue weighted by molar-refractivity contribution is 0.422. The number of hydrogen-bond donors (Lipinski definition) is 1. The number of rotatable bonds is 2. The molecule has 2 unspecified atom stereocenters. The number of hydrogen-bond acceptors (Lipinski definition) is 6. The Bertz CT molecular complexity index is 1140. The van der Waals surface area contributed by atoms with Crippen LogP contribution >= 0.6 is 0 Å². The highest BCUT2D eigenvalue weighted by molar-refractivity contribution is 5.94. The Hall–Kier alpha value is -3.71. The molecule has 26 heavy (non-hydrogen) atoms. The molecule has 0 saturated carbocycles. The quantitative estimate of drug-likeness (QED) is 0.762. The summed E-state index contributed by atoms with van der Waals surface area (Å²) in [5, 5.41) is 31.4. The average molecular weight is 342 g/mol. The molecule has 3 heterocycles. The highest BCUT2D eigenvalue weighted by Gasteiger charge is 2.34. The molecule has 2 aromatic heterocycles. The normalized spacial score (nSPS) is 19.9. The number of aliphatic imine (C=N–C) groups is 1. The van der Waals surface area contributed by atoms with Crippen LogP contribution in [-0.4, -0.2) is 21.1 Å². The van der Waals surface area contributed by atoms with Crippen LogP contribution in [0, 0.1) is 28.6 Å². The molecule has 0 fully saturated rings. The van der Waals surface area contributed by atoms with Crippen molar-refractivity contribution in [1.29, 1.82) is 10.5 Å². The Morgan fingerprint density at radius 3 is 2.73 bits per heavy atom. The molecule has 126 valence electrons. The van der Waals surface area contributed by atoms with Gasteiger partial charge in [0.25, 0.3) is 0 Å². The van der Waals surface area contributed by atoms with Gasteiger partial charge in [-0.05, 0) is 31.5 Å². The van der Waals surface area contributed by atoms with Gasteiger partial charge in [0.05, 0.1) is 34.8 Å². The molecule has 0 amide bonds. The van der Waals surface area contributed by atoms with Crippen LogP contribution in [0.25, 0.3) is 22.3 Å². The molecule has 0 radical (unpaired) electrons. The van der Waals surface area contributed by atoms with Crippen molar-refractivity contribution < 1.29 is 4.52 Å². The second-order valence-electron chi connectivity index (χ2n) is 6.21. The first-order valence-electron chi connectivity index (χ1n) is 8.08. The second kappa shape index (κ2) is 5.98. The molecule has 1 aliphatic heterocycles.